The van der Waals surface area contributed by atoms with Gasteiger partial charge in [-0.2, -0.15) is 0 Å². The van der Waals surface area contributed by atoms with Crippen LogP contribution in [0.1, 0.15) is 15.3 Å². The number of hydrogen-bond acceptors (Lipinski definition) is 2. The molecule has 0 aliphatic heterocycles. The van der Waals surface area contributed by atoms with Crippen LogP contribution in [0.15, 0.2) is 0 Å². The van der Waals surface area contributed by atoms with Gasteiger partial charge in [0, 0.05) is 0 Å². The van der Waals surface area contributed by atoms with Crippen molar-refractivity contribution in [1.29, 1.82) is 0 Å². The van der Waals surface area contributed by atoms with E-state index >= 15 is 0 Å². The Kier molecular flexibility index (Phi) is 7.68. The molecule has 0 saturated carbocycles. The molecule has 0 saturated heterocycles. The summed E-state index contributed by atoms with van der Waals surface area (Å²) in [5.74, 6) is -2.22. The van der Waals surface area contributed by atoms with Crippen molar-refractivity contribution in [2.24, 2.45) is 5.92 Å². The van der Waals surface area contributed by atoms with E-state index < -0.39 is 11.9 Å². The van der Waals surface area contributed by atoms with Gasteiger partial charge in [-0.15, -0.1) is 0 Å². The van der Waals surface area contributed by atoms with Crippen LogP contribution in [0.4, 0.5) is 0 Å². The molecule has 0 aromatic carbocycles. The van der Waals surface area contributed by atoms with Crippen molar-refractivity contribution in [3.8, 4) is 0 Å². The Morgan fingerprint density at radius 1 is 1.56 bits per heavy atom. The summed E-state index contributed by atoms with van der Waals surface area (Å²) in [7, 11) is 0. The van der Waals surface area contributed by atoms with Crippen molar-refractivity contribution < 1.29 is 67.5 Å². The summed E-state index contributed by atoms with van der Waals surface area (Å²) >= 11 is 0. The van der Waals surface area contributed by atoms with Crippen LogP contribution in [0.2, 0.25) is 0 Å². The molecule has 1 N–H and O–H groups in total. The fourth-order valence-electron chi connectivity index (χ4n) is 0.174. The maximum atomic E-state index is 10.2. The van der Waals surface area contributed by atoms with E-state index in [4.69, 9.17) is 5.11 Å². The summed E-state index contributed by atoms with van der Waals surface area (Å²) in [5.41, 5.74) is 0. The summed E-state index contributed by atoms with van der Waals surface area (Å²) in [6.07, 6.45) is 0. The molecule has 0 bridgehead atoms. The zero-order valence-corrected chi connectivity index (χ0v) is 8.96. The summed E-state index contributed by atoms with van der Waals surface area (Å²) < 4.78 is 0. The van der Waals surface area contributed by atoms with E-state index in [0.29, 0.717) is 0 Å². The molecule has 0 amide bonds. The monoisotopic (exact) mass is 156 g/mol. The number of Topliss-reactive ketones (excluding diaryl/α,β-unsaturated/α-hetero) is 1. The van der Waals surface area contributed by atoms with Crippen LogP contribution >= 0.6 is 0 Å². The zero-order chi connectivity index (χ0) is 6.73. The van der Waals surface area contributed by atoms with Crippen LogP contribution < -0.4 is 51.4 Å². The molecule has 0 aromatic heterocycles. The van der Waals surface area contributed by atoms with E-state index in [-0.39, 0.29) is 58.6 Å². The second-order valence-corrected chi connectivity index (χ2v) is 1.67. The number of carboxylic acids is 1. The number of hydrogen-bond donors (Lipinski definition) is 1. The molecule has 48 valence electrons. The van der Waals surface area contributed by atoms with Crippen LogP contribution in [0.3, 0.4) is 0 Å². The van der Waals surface area contributed by atoms with Crippen molar-refractivity contribution in [2.75, 3.05) is 0 Å². The minimum atomic E-state index is -1.06. The Hall–Kier alpha value is 0.776. The topological polar surface area (TPSA) is 54.4 Å². The van der Waals surface area contributed by atoms with Gasteiger partial charge >= 0.3 is 57.4 Å². The molecule has 0 aliphatic rings. The van der Waals surface area contributed by atoms with Crippen LogP contribution in [-0.2, 0) is 9.59 Å². The third-order valence-corrected chi connectivity index (χ3v) is 0.980. The van der Waals surface area contributed by atoms with Crippen LogP contribution in [0.25, 0.3) is 0 Å². The zero-order valence-electron chi connectivity index (χ0n) is 6.84. The number of carbonyl (C=O) groups is 2. The second-order valence-electron chi connectivity index (χ2n) is 1.67. The predicted molar refractivity (Wildman–Crippen MR) is 28.6 cm³/mol. The molecular weight excluding hydrogens is 147 g/mol. The standard InChI is InChI=1S/C5H8O3.K.H/c1-3(4(2)6)5(7)8;;/h3H,1-2H3,(H,7,8);;/q;+1;-1. The Labute approximate surface area is 97.7 Å². The second kappa shape index (κ2) is 5.55. The molecule has 3 nitrogen and oxygen atoms in total. The van der Waals surface area contributed by atoms with Crippen LogP contribution in [0.5, 0.6) is 0 Å². The Bertz CT molecular complexity index is 112. The minimum absolute atomic E-state index is 0. The third kappa shape index (κ3) is 5.23. The molecule has 0 aliphatic carbocycles. The summed E-state index contributed by atoms with van der Waals surface area (Å²) in [6, 6.07) is 0. The van der Waals surface area contributed by atoms with Gasteiger partial charge in [-0.25, -0.2) is 0 Å². The van der Waals surface area contributed by atoms with Gasteiger partial charge in [0.15, 0.2) is 0 Å². The van der Waals surface area contributed by atoms with E-state index in [1.54, 1.807) is 0 Å². The summed E-state index contributed by atoms with van der Waals surface area (Å²) in [5, 5.41) is 8.13. The largest absolute Gasteiger partial charge is 1.00 e. The molecule has 1 atom stereocenters. The number of carboxylic acid groups (broad SMARTS) is 1. The van der Waals surface area contributed by atoms with E-state index in [1.807, 2.05) is 0 Å². The fourth-order valence-corrected chi connectivity index (χ4v) is 0.174. The molecule has 0 aromatic rings. The Morgan fingerprint density at radius 2 is 1.89 bits per heavy atom. The van der Waals surface area contributed by atoms with Gasteiger partial charge in [-0.05, 0) is 13.8 Å². The van der Waals surface area contributed by atoms with Gasteiger partial charge in [0.05, 0.1) is 0 Å². The van der Waals surface area contributed by atoms with Gasteiger partial charge in [0.1, 0.15) is 11.7 Å². The van der Waals surface area contributed by atoms with Crippen molar-refractivity contribution in [2.45, 2.75) is 13.8 Å². The number of aliphatic carboxylic acids is 1. The SMILES string of the molecule is CC(=O)C(C)C(=O)O.[H-].[K+]. The first-order valence-electron chi connectivity index (χ1n) is 2.29. The van der Waals surface area contributed by atoms with Crippen LogP contribution in [0, 0.1) is 5.92 Å². The first kappa shape index (κ1) is 12.5. The first-order chi connectivity index (χ1) is 3.55. The van der Waals surface area contributed by atoms with E-state index in [9.17, 15) is 9.59 Å². The summed E-state index contributed by atoms with van der Waals surface area (Å²) in [6.45, 7) is 2.63. The minimum Gasteiger partial charge on any atom is -1.00 e. The van der Waals surface area contributed by atoms with Gasteiger partial charge < -0.3 is 6.53 Å². The average molecular weight is 156 g/mol. The third-order valence-electron chi connectivity index (χ3n) is 0.980. The van der Waals surface area contributed by atoms with Gasteiger partial charge in [-0.1, -0.05) is 0 Å². The molecule has 0 fully saturated rings. The number of rotatable bonds is 2. The molecule has 9 heavy (non-hydrogen) atoms. The predicted octanol–water partition coefficient (Wildman–Crippen LogP) is -2.59. The molecule has 0 heterocycles. The smallest absolute Gasteiger partial charge is 1.00 e. The van der Waals surface area contributed by atoms with E-state index in [1.165, 1.54) is 13.8 Å². The van der Waals surface area contributed by atoms with Crippen LogP contribution in [-0.4, -0.2) is 16.9 Å². The molecule has 0 rings (SSSR count). The quantitative estimate of drug-likeness (QED) is 0.353. The molecule has 4 heteroatoms. The number of ketones is 1. The van der Waals surface area contributed by atoms with Gasteiger partial charge in [-0.3, -0.25) is 9.59 Å². The van der Waals surface area contributed by atoms with Gasteiger partial charge in [0.25, 0.3) is 0 Å². The average Bonchev–Trinajstić information content (AvgIpc) is 1.64. The maximum absolute atomic E-state index is 10.2. The summed E-state index contributed by atoms with van der Waals surface area (Å²) in [4.78, 5) is 20.1. The van der Waals surface area contributed by atoms with Crippen molar-refractivity contribution in [3.05, 3.63) is 0 Å². The van der Waals surface area contributed by atoms with Crippen molar-refractivity contribution in [1.82, 2.24) is 0 Å². The van der Waals surface area contributed by atoms with E-state index in [2.05, 4.69) is 0 Å². The first-order valence-corrected chi connectivity index (χ1v) is 2.29. The molecule has 1 unspecified atom stereocenters. The van der Waals surface area contributed by atoms with E-state index in [0.717, 1.165) is 0 Å². The Morgan fingerprint density at radius 3 is 1.89 bits per heavy atom. The van der Waals surface area contributed by atoms with Crippen molar-refractivity contribution in [3.63, 3.8) is 0 Å². The molecule has 0 radical (unpaired) electrons. The van der Waals surface area contributed by atoms with Crippen molar-refractivity contribution >= 4 is 11.8 Å². The maximum Gasteiger partial charge on any atom is 1.00 e. The fraction of sp³-hybridized carbons (Fsp3) is 0.600. The van der Waals surface area contributed by atoms with Gasteiger partial charge in [0.2, 0.25) is 0 Å². The number of carbonyl (C=O) groups excluding carboxylic acids is 1. The molecule has 0 spiro atoms. The molecular formula is C5H9KO3. The normalized spacial score (nSPS) is 11.3. The Balaban J connectivity index is -0.000000245.